The molecule has 6 heteroatoms. The quantitative estimate of drug-likeness (QED) is 0.839. The van der Waals surface area contributed by atoms with Gasteiger partial charge in [-0.25, -0.2) is 0 Å². The normalized spacial score (nSPS) is 10.4. The summed E-state index contributed by atoms with van der Waals surface area (Å²) in [7, 11) is 0. The Morgan fingerprint density at radius 1 is 1.53 bits per heavy atom. The van der Waals surface area contributed by atoms with Gasteiger partial charge < -0.3 is 14.7 Å². The maximum Gasteiger partial charge on any atom is 0.245 e. The maximum atomic E-state index is 11.7. The largest absolute Gasteiger partial charge is 0.363 e. The number of hydrogen-bond acceptors (Lipinski definition) is 4. The van der Waals surface area contributed by atoms with Gasteiger partial charge >= 0.3 is 0 Å². The van der Waals surface area contributed by atoms with E-state index in [1.807, 2.05) is 13.8 Å². The first kappa shape index (κ1) is 13.2. The fourth-order valence-corrected chi connectivity index (χ4v) is 1.38. The molecule has 0 radical (unpaired) electrons. The Bertz CT molecular complexity index is 373. The molecule has 0 bridgehead atoms. The van der Waals surface area contributed by atoms with Crippen molar-refractivity contribution in [3.05, 3.63) is 12.3 Å². The van der Waals surface area contributed by atoms with Crippen LogP contribution >= 0.6 is 0 Å². The molecule has 1 rings (SSSR count). The maximum absolute atomic E-state index is 11.7. The minimum atomic E-state index is -0.283. The number of rotatable bonds is 5. The number of carbonyl (C=O) groups is 2. The van der Waals surface area contributed by atoms with Crippen molar-refractivity contribution in [2.45, 2.75) is 33.2 Å². The molecule has 94 valence electrons. The van der Waals surface area contributed by atoms with Crippen molar-refractivity contribution in [3.8, 4) is 0 Å². The highest BCUT2D eigenvalue weighted by Gasteiger charge is 2.18. The fourth-order valence-electron chi connectivity index (χ4n) is 1.38. The zero-order chi connectivity index (χ0) is 12.8. The van der Waals surface area contributed by atoms with E-state index in [4.69, 9.17) is 0 Å². The van der Waals surface area contributed by atoms with Gasteiger partial charge in [0.05, 0.1) is 0 Å². The molecule has 6 nitrogen and oxygen atoms in total. The van der Waals surface area contributed by atoms with Crippen LogP contribution in [0, 0.1) is 0 Å². The topological polar surface area (TPSA) is 75.4 Å². The van der Waals surface area contributed by atoms with Crippen molar-refractivity contribution in [3.63, 3.8) is 0 Å². The average molecular weight is 239 g/mol. The number of nitrogens with zero attached hydrogens (tertiary/aromatic N) is 2. The Morgan fingerprint density at radius 3 is 2.71 bits per heavy atom. The van der Waals surface area contributed by atoms with Crippen LogP contribution in [0.2, 0.25) is 0 Å². The average Bonchev–Trinajstić information content (AvgIpc) is 2.77. The first-order valence-electron chi connectivity index (χ1n) is 5.54. The lowest BCUT2D eigenvalue weighted by molar-refractivity contribution is -0.136. The van der Waals surface area contributed by atoms with Crippen LogP contribution in [0.4, 0.5) is 5.82 Å². The number of hydrogen-bond donors (Lipinski definition) is 1. The third kappa shape index (κ3) is 3.90. The molecule has 1 aromatic heterocycles. The Morgan fingerprint density at radius 2 is 2.24 bits per heavy atom. The van der Waals surface area contributed by atoms with E-state index < -0.39 is 0 Å². The third-order valence-electron chi connectivity index (χ3n) is 2.27. The summed E-state index contributed by atoms with van der Waals surface area (Å²) in [6, 6.07) is 1.53. The molecule has 17 heavy (non-hydrogen) atoms. The molecular weight excluding hydrogens is 222 g/mol. The highest BCUT2D eigenvalue weighted by molar-refractivity contribution is 5.93. The van der Waals surface area contributed by atoms with Crippen molar-refractivity contribution in [2.75, 3.05) is 11.9 Å². The van der Waals surface area contributed by atoms with E-state index in [-0.39, 0.29) is 24.4 Å². The molecule has 0 aliphatic rings. The molecule has 2 amide bonds. The number of aromatic nitrogens is 1. The second kappa shape index (κ2) is 6.03. The van der Waals surface area contributed by atoms with Crippen LogP contribution in [-0.4, -0.2) is 34.5 Å². The number of carbonyl (C=O) groups excluding carboxylic acids is 2. The van der Waals surface area contributed by atoms with Crippen LogP contribution in [0.3, 0.4) is 0 Å². The third-order valence-corrected chi connectivity index (χ3v) is 2.27. The SMILES string of the molecule is CCC(=O)N(CC(=O)Nc1ccon1)C(C)C. The summed E-state index contributed by atoms with van der Waals surface area (Å²) in [5, 5.41) is 6.11. The molecule has 1 N–H and O–H groups in total. The van der Waals surface area contributed by atoms with E-state index in [1.54, 1.807) is 13.0 Å². The molecule has 0 aromatic carbocycles. The van der Waals surface area contributed by atoms with Gasteiger partial charge in [0, 0.05) is 18.5 Å². The predicted octanol–water partition coefficient (Wildman–Crippen LogP) is 1.26. The van der Waals surface area contributed by atoms with Gasteiger partial charge in [-0.2, -0.15) is 0 Å². The molecule has 0 saturated heterocycles. The Hall–Kier alpha value is -1.85. The first-order valence-corrected chi connectivity index (χ1v) is 5.54. The molecule has 1 heterocycles. The molecule has 0 unspecified atom stereocenters. The van der Waals surface area contributed by atoms with E-state index >= 15 is 0 Å². The minimum absolute atomic E-state index is 0.00879. The van der Waals surface area contributed by atoms with E-state index in [9.17, 15) is 9.59 Å². The smallest absolute Gasteiger partial charge is 0.245 e. The highest BCUT2D eigenvalue weighted by Crippen LogP contribution is 2.04. The van der Waals surface area contributed by atoms with Crippen LogP contribution in [0.25, 0.3) is 0 Å². The van der Waals surface area contributed by atoms with Crippen LogP contribution in [0.15, 0.2) is 16.9 Å². The van der Waals surface area contributed by atoms with E-state index in [2.05, 4.69) is 15.0 Å². The minimum Gasteiger partial charge on any atom is -0.363 e. The van der Waals surface area contributed by atoms with Crippen molar-refractivity contribution in [1.82, 2.24) is 10.1 Å². The van der Waals surface area contributed by atoms with Crippen LogP contribution in [0.1, 0.15) is 27.2 Å². The highest BCUT2D eigenvalue weighted by atomic mass is 16.5. The zero-order valence-corrected chi connectivity index (χ0v) is 10.3. The predicted molar refractivity (Wildman–Crippen MR) is 62.3 cm³/mol. The Balaban J connectivity index is 2.55. The van der Waals surface area contributed by atoms with Gasteiger partial charge in [-0.05, 0) is 13.8 Å². The number of anilines is 1. The summed E-state index contributed by atoms with van der Waals surface area (Å²) in [5.41, 5.74) is 0. The van der Waals surface area contributed by atoms with Crippen LogP contribution in [-0.2, 0) is 9.59 Å². The summed E-state index contributed by atoms with van der Waals surface area (Å²) in [5.74, 6) is 0.0207. The Labute approximate surface area is 99.9 Å². The number of nitrogens with one attached hydrogen (secondary N) is 1. The lowest BCUT2D eigenvalue weighted by atomic mass is 10.2. The Kier molecular flexibility index (Phi) is 4.68. The summed E-state index contributed by atoms with van der Waals surface area (Å²) in [6.45, 7) is 5.54. The summed E-state index contributed by atoms with van der Waals surface area (Å²) < 4.78 is 4.59. The van der Waals surface area contributed by atoms with Gasteiger partial charge in [0.25, 0.3) is 0 Å². The van der Waals surface area contributed by atoms with E-state index in [1.165, 1.54) is 11.2 Å². The van der Waals surface area contributed by atoms with E-state index in [0.29, 0.717) is 12.2 Å². The number of amides is 2. The van der Waals surface area contributed by atoms with Crippen molar-refractivity contribution in [1.29, 1.82) is 0 Å². The zero-order valence-electron chi connectivity index (χ0n) is 10.3. The van der Waals surface area contributed by atoms with Gasteiger partial charge in [0.15, 0.2) is 5.82 Å². The lowest BCUT2D eigenvalue weighted by Crippen LogP contribution is -2.42. The second-order valence-corrected chi connectivity index (χ2v) is 3.90. The molecule has 1 aromatic rings. The fraction of sp³-hybridized carbons (Fsp3) is 0.545. The summed E-state index contributed by atoms with van der Waals surface area (Å²) in [6.07, 6.45) is 1.75. The summed E-state index contributed by atoms with van der Waals surface area (Å²) in [4.78, 5) is 24.8. The molecule has 0 fully saturated rings. The molecule has 0 aliphatic heterocycles. The standard InChI is InChI=1S/C11H17N3O3/c1-4-11(16)14(8(2)3)7-10(15)12-9-5-6-17-13-9/h5-6,8H,4,7H2,1-3H3,(H,12,13,15). The van der Waals surface area contributed by atoms with Crippen molar-refractivity contribution in [2.24, 2.45) is 0 Å². The van der Waals surface area contributed by atoms with Crippen molar-refractivity contribution >= 4 is 17.6 Å². The van der Waals surface area contributed by atoms with Gasteiger partial charge in [0.2, 0.25) is 11.8 Å². The van der Waals surface area contributed by atoms with Gasteiger partial charge in [-0.1, -0.05) is 12.1 Å². The molecule has 0 atom stereocenters. The van der Waals surface area contributed by atoms with E-state index in [0.717, 1.165) is 0 Å². The first-order chi connectivity index (χ1) is 8.04. The molecule has 0 spiro atoms. The van der Waals surface area contributed by atoms with Crippen LogP contribution in [0.5, 0.6) is 0 Å². The molecule has 0 aliphatic carbocycles. The molecule has 0 saturated carbocycles. The van der Waals surface area contributed by atoms with Gasteiger partial charge in [0.1, 0.15) is 12.8 Å². The second-order valence-electron chi connectivity index (χ2n) is 3.90. The monoisotopic (exact) mass is 239 g/mol. The van der Waals surface area contributed by atoms with Gasteiger partial charge in [-0.15, -0.1) is 0 Å². The summed E-state index contributed by atoms with van der Waals surface area (Å²) >= 11 is 0. The van der Waals surface area contributed by atoms with Crippen LogP contribution < -0.4 is 5.32 Å². The van der Waals surface area contributed by atoms with Crippen molar-refractivity contribution < 1.29 is 14.1 Å². The van der Waals surface area contributed by atoms with Gasteiger partial charge in [-0.3, -0.25) is 9.59 Å². The lowest BCUT2D eigenvalue weighted by Gasteiger charge is -2.25. The molecular formula is C11H17N3O3.